The maximum absolute atomic E-state index is 5.26. The van der Waals surface area contributed by atoms with Crippen LogP contribution in [0.15, 0.2) is 0 Å². The molecule has 0 heterocycles. The summed E-state index contributed by atoms with van der Waals surface area (Å²) in [5, 5.41) is 0. The number of terminal acetylenes is 1. The molecule has 0 aliphatic rings. The molecule has 0 amide bonds. The van der Waals surface area contributed by atoms with Gasteiger partial charge >= 0.3 is 0 Å². The smallest absolute Gasteiger partial charge is 0.107 e. The number of hydrogen-bond donors (Lipinski definition) is 1. The highest BCUT2D eigenvalue weighted by atomic mass is 16.5. The zero-order chi connectivity index (χ0) is 10.5. The minimum Gasteiger partial charge on any atom is -0.379 e. The maximum atomic E-state index is 5.26. The lowest BCUT2D eigenvalue weighted by Gasteiger charge is -2.04. The third-order valence-electron chi connectivity index (χ3n) is 1.40. The molecule has 0 saturated carbocycles. The van der Waals surface area contributed by atoms with Crippen LogP contribution in [-0.2, 0) is 14.2 Å². The van der Waals surface area contributed by atoms with Gasteiger partial charge in [0.25, 0.3) is 0 Å². The first-order valence-electron chi connectivity index (χ1n) is 4.78. The predicted octanol–water partition coefficient (Wildman–Crippen LogP) is 0.0182. The van der Waals surface area contributed by atoms with Gasteiger partial charge in [0.15, 0.2) is 0 Å². The second kappa shape index (κ2) is 12.4. The standard InChI is InChI=1S/C10H19NO3/c1-2-5-12-6-3-7-13-9-10-14-8-4-11/h1H,3-11H2. The molecular formula is C10H19NO3. The summed E-state index contributed by atoms with van der Waals surface area (Å²) in [4.78, 5) is 0. The highest BCUT2D eigenvalue weighted by Crippen LogP contribution is 1.85. The first-order valence-corrected chi connectivity index (χ1v) is 4.78. The van der Waals surface area contributed by atoms with Crippen LogP contribution in [0, 0.1) is 12.3 Å². The van der Waals surface area contributed by atoms with E-state index in [-0.39, 0.29) is 0 Å². The Bertz CT molecular complexity index is 145. The summed E-state index contributed by atoms with van der Waals surface area (Å²) in [7, 11) is 0. The third-order valence-corrected chi connectivity index (χ3v) is 1.40. The van der Waals surface area contributed by atoms with Crippen LogP contribution in [0.4, 0.5) is 0 Å². The highest BCUT2D eigenvalue weighted by molar-refractivity contribution is 4.82. The largest absolute Gasteiger partial charge is 0.379 e. The van der Waals surface area contributed by atoms with Crippen molar-refractivity contribution in [1.82, 2.24) is 0 Å². The van der Waals surface area contributed by atoms with Gasteiger partial charge in [-0.2, -0.15) is 0 Å². The van der Waals surface area contributed by atoms with E-state index in [9.17, 15) is 0 Å². The van der Waals surface area contributed by atoms with E-state index in [1.807, 2.05) is 0 Å². The van der Waals surface area contributed by atoms with Crippen molar-refractivity contribution in [2.45, 2.75) is 6.42 Å². The van der Waals surface area contributed by atoms with Crippen LogP contribution in [0.25, 0.3) is 0 Å². The van der Waals surface area contributed by atoms with Gasteiger partial charge in [-0.1, -0.05) is 5.92 Å². The SMILES string of the molecule is C#CCOCCCOCCOCCN. The summed E-state index contributed by atoms with van der Waals surface area (Å²) >= 11 is 0. The number of ether oxygens (including phenoxy) is 3. The molecule has 4 nitrogen and oxygen atoms in total. The van der Waals surface area contributed by atoms with Crippen molar-refractivity contribution in [2.24, 2.45) is 5.73 Å². The average Bonchev–Trinajstić information content (AvgIpc) is 2.21. The molecule has 0 atom stereocenters. The molecule has 0 unspecified atom stereocenters. The van der Waals surface area contributed by atoms with Crippen molar-refractivity contribution in [1.29, 1.82) is 0 Å². The normalized spacial score (nSPS) is 10.0. The lowest BCUT2D eigenvalue weighted by Crippen LogP contribution is -2.12. The van der Waals surface area contributed by atoms with E-state index in [4.69, 9.17) is 26.4 Å². The molecule has 0 rings (SSSR count). The molecular weight excluding hydrogens is 182 g/mol. The van der Waals surface area contributed by atoms with Gasteiger partial charge < -0.3 is 19.9 Å². The summed E-state index contributed by atoms with van der Waals surface area (Å²) in [6, 6.07) is 0. The molecule has 0 saturated heterocycles. The van der Waals surface area contributed by atoms with Crippen molar-refractivity contribution in [3.63, 3.8) is 0 Å². The van der Waals surface area contributed by atoms with Gasteiger partial charge in [-0.25, -0.2) is 0 Å². The van der Waals surface area contributed by atoms with Gasteiger partial charge in [0.1, 0.15) is 6.61 Å². The Kier molecular flexibility index (Phi) is 11.9. The summed E-state index contributed by atoms with van der Waals surface area (Å²) in [6.07, 6.45) is 5.86. The molecule has 82 valence electrons. The van der Waals surface area contributed by atoms with Crippen molar-refractivity contribution in [3.8, 4) is 12.3 Å². The Labute approximate surface area is 85.7 Å². The van der Waals surface area contributed by atoms with Crippen LogP contribution in [-0.4, -0.2) is 46.2 Å². The van der Waals surface area contributed by atoms with Crippen LogP contribution in [0.2, 0.25) is 0 Å². The van der Waals surface area contributed by atoms with E-state index in [1.54, 1.807) is 0 Å². The van der Waals surface area contributed by atoms with Crippen LogP contribution in [0.3, 0.4) is 0 Å². The Morgan fingerprint density at radius 3 is 2.21 bits per heavy atom. The van der Waals surface area contributed by atoms with E-state index in [0.717, 1.165) is 6.42 Å². The quantitative estimate of drug-likeness (QED) is 0.400. The van der Waals surface area contributed by atoms with Crippen molar-refractivity contribution >= 4 is 0 Å². The minimum atomic E-state index is 0.375. The van der Waals surface area contributed by atoms with Gasteiger partial charge in [-0.3, -0.25) is 0 Å². The van der Waals surface area contributed by atoms with Crippen LogP contribution >= 0.6 is 0 Å². The summed E-state index contributed by atoms with van der Waals surface area (Å²) in [5.41, 5.74) is 5.24. The minimum absolute atomic E-state index is 0.375. The maximum Gasteiger partial charge on any atom is 0.107 e. The van der Waals surface area contributed by atoms with E-state index in [0.29, 0.717) is 46.2 Å². The summed E-state index contributed by atoms with van der Waals surface area (Å²) in [6.45, 7) is 4.05. The van der Waals surface area contributed by atoms with E-state index in [2.05, 4.69) is 5.92 Å². The zero-order valence-corrected chi connectivity index (χ0v) is 8.54. The molecule has 14 heavy (non-hydrogen) atoms. The molecule has 0 bridgehead atoms. The van der Waals surface area contributed by atoms with Crippen molar-refractivity contribution in [3.05, 3.63) is 0 Å². The Hall–Kier alpha value is -0.600. The van der Waals surface area contributed by atoms with E-state index >= 15 is 0 Å². The topological polar surface area (TPSA) is 53.7 Å². The molecule has 0 spiro atoms. The summed E-state index contributed by atoms with van der Waals surface area (Å²) < 4.78 is 15.4. The fraction of sp³-hybridized carbons (Fsp3) is 0.800. The Morgan fingerprint density at radius 1 is 0.929 bits per heavy atom. The number of nitrogens with two attached hydrogens (primary N) is 1. The second-order valence-corrected chi connectivity index (χ2v) is 2.62. The first kappa shape index (κ1) is 13.4. The Morgan fingerprint density at radius 2 is 1.57 bits per heavy atom. The van der Waals surface area contributed by atoms with E-state index in [1.165, 1.54) is 0 Å². The van der Waals surface area contributed by atoms with Crippen LogP contribution in [0.5, 0.6) is 0 Å². The van der Waals surface area contributed by atoms with Gasteiger partial charge in [0, 0.05) is 13.2 Å². The van der Waals surface area contributed by atoms with Crippen LogP contribution < -0.4 is 5.73 Å². The van der Waals surface area contributed by atoms with Gasteiger partial charge in [0.05, 0.1) is 26.4 Å². The average molecular weight is 201 g/mol. The molecule has 4 heteroatoms. The molecule has 0 fully saturated rings. The zero-order valence-electron chi connectivity index (χ0n) is 8.54. The van der Waals surface area contributed by atoms with E-state index < -0.39 is 0 Å². The van der Waals surface area contributed by atoms with Gasteiger partial charge in [0.2, 0.25) is 0 Å². The van der Waals surface area contributed by atoms with Crippen molar-refractivity contribution < 1.29 is 14.2 Å². The molecule has 0 aromatic carbocycles. The number of hydrogen-bond acceptors (Lipinski definition) is 4. The number of rotatable bonds is 10. The molecule has 0 radical (unpaired) electrons. The van der Waals surface area contributed by atoms with Gasteiger partial charge in [-0.05, 0) is 6.42 Å². The molecule has 0 aromatic heterocycles. The lowest BCUT2D eigenvalue weighted by atomic mass is 10.5. The highest BCUT2D eigenvalue weighted by Gasteiger charge is 1.90. The monoisotopic (exact) mass is 201 g/mol. The fourth-order valence-electron chi connectivity index (χ4n) is 0.799. The molecule has 0 aliphatic heterocycles. The predicted molar refractivity (Wildman–Crippen MR) is 55.0 cm³/mol. The molecule has 0 aliphatic carbocycles. The van der Waals surface area contributed by atoms with Crippen LogP contribution in [0.1, 0.15) is 6.42 Å². The fourth-order valence-corrected chi connectivity index (χ4v) is 0.799. The second-order valence-electron chi connectivity index (χ2n) is 2.62. The van der Waals surface area contributed by atoms with Gasteiger partial charge in [-0.15, -0.1) is 6.42 Å². The lowest BCUT2D eigenvalue weighted by molar-refractivity contribution is 0.0406. The third kappa shape index (κ3) is 11.4. The van der Waals surface area contributed by atoms with Crippen molar-refractivity contribution in [2.75, 3.05) is 46.2 Å². The summed E-state index contributed by atoms with van der Waals surface area (Å²) in [5.74, 6) is 2.40. The first-order chi connectivity index (χ1) is 6.91. The molecule has 0 aromatic rings. The Balaban J connectivity index is 2.82. The molecule has 2 N–H and O–H groups in total.